The van der Waals surface area contributed by atoms with E-state index in [4.69, 9.17) is 0 Å². The highest BCUT2D eigenvalue weighted by Gasteiger charge is 2.53. The summed E-state index contributed by atoms with van der Waals surface area (Å²) in [5.74, 6) is 0.903. The Morgan fingerprint density at radius 1 is 1.57 bits per heavy atom. The summed E-state index contributed by atoms with van der Waals surface area (Å²) in [6, 6.07) is 0. The first-order valence-corrected chi connectivity index (χ1v) is 5.47. The van der Waals surface area contributed by atoms with E-state index in [2.05, 4.69) is 33.4 Å². The van der Waals surface area contributed by atoms with E-state index in [1.165, 1.54) is 5.57 Å². The minimum absolute atomic E-state index is 0.262. The third-order valence-corrected chi connectivity index (χ3v) is 4.59. The van der Waals surface area contributed by atoms with Crippen LogP contribution in [0.5, 0.6) is 0 Å². The van der Waals surface area contributed by atoms with Crippen LogP contribution in [-0.2, 0) is 0 Å². The maximum Gasteiger partial charge on any atom is 0.0890 e. The van der Waals surface area contributed by atoms with Gasteiger partial charge in [0.25, 0.3) is 0 Å². The highest BCUT2D eigenvalue weighted by molar-refractivity contribution is 5.29. The zero-order chi connectivity index (χ0) is 10.6. The first-order chi connectivity index (χ1) is 6.42. The fourth-order valence-electron chi connectivity index (χ4n) is 3.17. The van der Waals surface area contributed by atoms with Crippen LogP contribution in [-0.4, -0.2) is 10.7 Å². The topological polar surface area (TPSA) is 20.2 Å². The summed E-state index contributed by atoms with van der Waals surface area (Å²) in [5, 5.41) is 10.4. The molecule has 0 unspecified atom stereocenters. The van der Waals surface area contributed by atoms with E-state index in [1.807, 2.05) is 0 Å². The highest BCUT2D eigenvalue weighted by Crippen LogP contribution is 2.57. The number of rotatable bonds is 1. The van der Waals surface area contributed by atoms with Crippen molar-refractivity contribution in [2.24, 2.45) is 17.3 Å². The molecule has 0 bridgehead atoms. The molecule has 78 valence electrons. The fourth-order valence-corrected chi connectivity index (χ4v) is 3.17. The molecule has 0 heterocycles. The normalized spacial score (nSPS) is 44.7. The minimum atomic E-state index is -0.639. The Kier molecular flexibility index (Phi) is 1.94. The van der Waals surface area contributed by atoms with Crippen LogP contribution in [0.2, 0.25) is 0 Å². The van der Waals surface area contributed by atoms with E-state index in [0.717, 1.165) is 12.8 Å². The van der Waals surface area contributed by atoms with Crippen molar-refractivity contribution in [1.82, 2.24) is 0 Å². The zero-order valence-corrected chi connectivity index (χ0v) is 9.38. The average molecular weight is 192 g/mol. The first kappa shape index (κ1) is 9.97. The van der Waals surface area contributed by atoms with Crippen molar-refractivity contribution in [3.8, 4) is 0 Å². The van der Waals surface area contributed by atoms with Crippen molar-refractivity contribution in [3.05, 3.63) is 24.3 Å². The predicted molar refractivity (Wildman–Crippen MR) is 58.9 cm³/mol. The Bertz CT molecular complexity index is 300. The maximum absolute atomic E-state index is 10.4. The van der Waals surface area contributed by atoms with Gasteiger partial charge in [0.1, 0.15) is 0 Å². The molecule has 1 nitrogen and oxygen atoms in total. The standard InChI is InChI=1S/C13H20O/c1-5-13(14)7-6-10-11(13)8-9(2)12(10,3)4/h5,8,10-11,14H,1,6-7H2,2-4H3/t10-,11-,13-/m1/s1. The van der Waals surface area contributed by atoms with Crippen molar-refractivity contribution in [2.45, 2.75) is 39.2 Å². The lowest BCUT2D eigenvalue weighted by atomic mass is 9.75. The zero-order valence-electron chi connectivity index (χ0n) is 9.38. The van der Waals surface area contributed by atoms with Gasteiger partial charge < -0.3 is 5.11 Å². The van der Waals surface area contributed by atoms with Gasteiger partial charge in [0, 0.05) is 5.92 Å². The van der Waals surface area contributed by atoms with Crippen molar-refractivity contribution in [3.63, 3.8) is 0 Å². The Morgan fingerprint density at radius 2 is 2.21 bits per heavy atom. The van der Waals surface area contributed by atoms with E-state index >= 15 is 0 Å². The van der Waals surface area contributed by atoms with E-state index in [0.29, 0.717) is 11.8 Å². The van der Waals surface area contributed by atoms with Gasteiger partial charge in [-0.05, 0) is 31.1 Å². The molecule has 0 amide bonds. The van der Waals surface area contributed by atoms with Crippen LogP contribution in [0, 0.1) is 17.3 Å². The van der Waals surface area contributed by atoms with Crippen molar-refractivity contribution < 1.29 is 5.11 Å². The molecule has 0 radical (unpaired) electrons. The summed E-state index contributed by atoms with van der Waals surface area (Å²) in [4.78, 5) is 0. The van der Waals surface area contributed by atoms with Gasteiger partial charge in [-0.3, -0.25) is 0 Å². The molecule has 0 saturated heterocycles. The summed E-state index contributed by atoms with van der Waals surface area (Å²) in [5.41, 5.74) is 1.05. The fraction of sp³-hybridized carbons (Fsp3) is 0.692. The van der Waals surface area contributed by atoms with E-state index in [9.17, 15) is 5.11 Å². The smallest absolute Gasteiger partial charge is 0.0890 e. The largest absolute Gasteiger partial charge is 0.385 e. The number of aliphatic hydroxyl groups is 1. The van der Waals surface area contributed by atoms with Crippen molar-refractivity contribution >= 4 is 0 Å². The molecular weight excluding hydrogens is 172 g/mol. The highest BCUT2D eigenvalue weighted by atomic mass is 16.3. The van der Waals surface area contributed by atoms with Gasteiger partial charge in [0.2, 0.25) is 0 Å². The lowest BCUT2D eigenvalue weighted by Crippen LogP contribution is -2.32. The number of hydrogen-bond acceptors (Lipinski definition) is 1. The van der Waals surface area contributed by atoms with E-state index in [-0.39, 0.29) is 5.41 Å². The molecule has 3 atom stereocenters. The molecule has 1 N–H and O–H groups in total. The van der Waals surface area contributed by atoms with Gasteiger partial charge >= 0.3 is 0 Å². The molecule has 0 aliphatic heterocycles. The minimum Gasteiger partial charge on any atom is -0.385 e. The molecule has 14 heavy (non-hydrogen) atoms. The number of allylic oxidation sites excluding steroid dienone is 1. The molecule has 2 aliphatic carbocycles. The Morgan fingerprint density at radius 3 is 2.79 bits per heavy atom. The molecule has 1 saturated carbocycles. The van der Waals surface area contributed by atoms with Crippen LogP contribution in [0.15, 0.2) is 24.3 Å². The molecule has 2 rings (SSSR count). The molecule has 1 fully saturated rings. The first-order valence-electron chi connectivity index (χ1n) is 5.47. The van der Waals surface area contributed by atoms with Crippen LogP contribution in [0.3, 0.4) is 0 Å². The number of hydrogen-bond donors (Lipinski definition) is 1. The maximum atomic E-state index is 10.4. The second-order valence-corrected chi connectivity index (χ2v) is 5.44. The Balaban J connectivity index is 2.38. The Hall–Kier alpha value is -0.560. The van der Waals surface area contributed by atoms with Gasteiger partial charge in [-0.1, -0.05) is 31.6 Å². The van der Waals surface area contributed by atoms with Gasteiger partial charge in [0.05, 0.1) is 5.60 Å². The van der Waals surface area contributed by atoms with Crippen molar-refractivity contribution in [2.75, 3.05) is 0 Å². The van der Waals surface area contributed by atoms with Gasteiger partial charge in [-0.15, -0.1) is 6.58 Å². The molecule has 0 aromatic rings. The van der Waals surface area contributed by atoms with Gasteiger partial charge in [-0.2, -0.15) is 0 Å². The summed E-state index contributed by atoms with van der Waals surface area (Å²) in [6.45, 7) is 10.5. The van der Waals surface area contributed by atoms with Crippen LogP contribution in [0.1, 0.15) is 33.6 Å². The Labute approximate surface area is 86.5 Å². The van der Waals surface area contributed by atoms with E-state index < -0.39 is 5.60 Å². The van der Waals surface area contributed by atoms with Gasteiger partial charge in [-0.25, -0.2) is 0 Å². The molecule has 0 spiro atoms. The van der Waals surface area contributed by atoms with Crippen molar-refractivity contribution in [1.29, 1.82) is 0 Å². The molecule has 0 aromatic carbocycles. The van der Waals surface area contributed by atoms with Crippen LogP contribution >= 0.6 is 0 Å². The lowest BCUT2D eigenvalue weighted by molar-refractivity contribution is 0.0556. The second-order valence-electron chi connectivity index (χ2n) is 5.44. The van der Waals surface area contributed by atoms with Crippen LogP contribution in [0.4, 0.5) is 0 Å². The van der Waals surface area contributed by atoms with Crippen LogP contribution < -0.4 is 0 Å². The molecular formula is C13H20O. The average Bonchev–Trinajstić information content (AvgIpc) is 2.55. The summed E-state index contributed by atoms with van der Waals surface area (Å²) >= 11 is 0. The molecule has 0 aromatic heterocycles. The quantitative estimate of drug-likeness (QED) is 0.633. The monoisotopic (exact) mass is 192 g/mol. The number of fused-ring (bicyclic) bond motifs is 1. The lowest BCUT2D eigenvalue weighted by Gasteiger charge is -2.30. The third kappa shape index (κ3) is 1.05. The summed E-state index contributed by atoms with van der Waals surface area (Å²) in [7, 11) is 0. The molecule has 2 aliphatic rings. The van der Waals surface area contributed by atoms with E-state index in [1.54, 1.807) is 6.08 Å². The summed E-state index contributed by atoms with van der Waals surface area (Å²) < 4.78 is 0. The van der Waals surface area contributed by atoms with Crippen LogP contribution in [0.25, 0.3) is 0 Å². The van der Waals surface area contributed by atoms with Gasteiger partial charge in [0.15, 0.2) is 0 Å². The summed E-state index contributed by atoms with van der Waals surface area (Å²) in [6.07, 6.45) is 6.00. The predicted octanol–water partition coefficient (Wildman–Crippen LogP) is 2.92. The third-order valence-electron chi connectivity index (χ3n) is 4.59. The molecule has 1 heteroatoms. The SMILES string of the molecule is C=C[C@@]1(O)CC[C@@H]2[C@H]1C=C(C)C2(C)C. The second kappa shape index (κ2) is 2.73.